The number of hydrogen-bond acceptors (Lipinski definition) is 6. The molecule has 0 bridgehead atoms. The third-order valence-corrected chi connectivity index (χ3v) is 6.71. The molecule has 2 fully saturated rings. The van der Waals surface area contributed by atoms with E-state index >= 15 is 0 Å². The SMILES string of the molecule is CC1OC(COP(C)(=O)OC2C(C)OC(CO)C2C)C(C)C1C. The molecule has 9 unspecified atom stereocenters. The van der Waals surface area contributed by atoms with Crippen LogP contribution in [0.15, 0.2) is 0 Å². The van der Waals surface area contributed by atoms with E-state index < -0.39 is 7.60 Å². The van der Waals surface area contributed by atoms with Crippen LogP contribution in [0.4, 0.5) is 0 Å². The smallest absolute Gasteiger partial charge is 0.328 e. The number of hydrogen-bond donors (Lipinski definition) is 1. The van der Waals surface area contributed by atoms with Crippen LogP contribution < -0.4 is 0 Å². The zero-order chi connectivity index (χ0) is 17.4. The standard InChI is InChI=1S/C16H31O6P/c1-9-10(2)15(20-12(9)4)8-19-23(6,18)22-16-11(3)14(7-17)21-13(16)5/h9-17H,7-8H2,1-6H3. The van der Waals surface area contributed by atoms with Crippen LogP contribution in [0.3, 0.4) is 0 Å². The van der Waals surface area contributed by atoms with Gasteiger partial charge in [0.05, 0.1) is 43.7 Å². The summed E-state index contributed by atoms with van der Waals surface area (Å²) in [7, 11) is -3.21. The fraction of sp³-hybridized carbons (Fsp3) is 1.00. The monoisotopic (exact) mass is 350 g/mol. The van der Waals surface area contributed by atoms with Gasteiger partial charge in [0.25, 0.3) is 0 Å². The van der Waals surface area contributed by atoms with Crippen molar-refractivity contribution in [2.24, 2.45) is 17.8 Å². The van der Waals surface area contributed by atoms with Crippen molar-refractivity contribution in [3.05, 3.63) is 0 Å². The van der Waals surface area contributed by atoms with E-state index in [1.807, 2.05) is 13.8 Å². The summed E-state index contributed by atoms with van der Waals surface area (Å²) in [6.45, 7) is 11.8. The average molecular weight is 350 g/mol. The average Bonchev–Trinajstić information content (AvgIpc) is 2.89. The molecular weight excluding hydrogens is 319 g/mol. The van der Waals surface area contributed by atoms with E-state index in [2.05, 4.69) is 20.8 Å². The lowest BCUT2D eigenvalue weighted by molar-refractivity contribution is -0.00608. The van der Waals surface area contributed by atoms with Gasteiger partial charge in [-0.05, 0) is 25.7 Å². The summed E-state index contributed by atoms with van der Waals surface area (Å²) in [5.41, 5.74) is 0. The van der Waals surface area contributed by atoms with E-state index in [4.69, 9.17) is 18.5 Å². The Bertz CT molecular complexity index is 444. The van der Waals surface area contributed by atoms with Crippen molar-refractivity contribution in [3.8, 4) is 0 Å². The first-order valence-electron chi connectivity index (χ1n) is 8.48. The number of ether oxygens (including phenoxy) is 2. The highest BCUT2D eigenvalue weighted by atomic mass is 31.2. The zero-order valence-electron chi connectivity index (χ0n) is 15.0. The lowest BCUT2D eigenvalue weighted by Gasteiger charge is -2.25. The maximum absolute atomic E-state index is 12.7. The van der Waals surface area contributed by atoms with Gasteiger partial charge < -0.3 is 23.6 Å². The van der Waals surface area contributed by atoms with Crippen LogP contribution in [-0.2, 0) is 23.1 Å². The Morgan fingerprint density at radius 1 is 0.957 bits per heavy atom. The number of aliphatic hydroxyl groups is 1. The maximum Gasteiger partial charge on any atom is 0.328 e. The van der Waals surface area contributed by atoms with Gasteiger partial charge in [0.15, 0.2) is 0 Å². The van der Waals surface area contributed by atoms with Crippen LogP contribution in [0.25, 0.3) is 0 Å². The third kappa shape index (κ3) is 4.36. The van der Waals surface area contributed by atoms with Crippen molar-refractivity contribution < 1.29 is 28.2 Å². The quantitative estimate of drug-likeness (QED) is 0.743. The van der Waals surface area contributed by atoms with Crippen molar-refractivity contribution >= 4 is 7.60 Å². The Kier molecular flexibility index (Phi) is 6.32. The summed E-state index contributed by atoms with van der Waals surface area (Å²) in [5.74, 6) is 0.777. The fourth-order valence-electron chi connectivity index (χ4n) is 3.45. The van der Waals surface area contributed by atoms with Crippen LogP contribution in [0.5, 0.6) is 0 Å². The van der Waals surface area contributed by atoms with Gasteiger partial charge in [-0.15, -0.1) is 0 Å². The summed E-state index contributed by atoms with van der Waals surface area (Å²) >= 11 is 0. The van der Waals surface area contributed by atoms with Crippen LogP contribution in [0.1, 0.15) is 34.6 Å². The van der Waals surface area contributed by atoms with Crippen molar-refractivity contribution in [2.45, 2.75) is 65.1 Å². The molecule has 9 atom stereocenters. The fourth-order valence-corrected chi connectivity index (χ4v) is 4.73. The summed E-state index contributed by atoms with van der Waals surface area (Å²) in [6.07, 6.45) is -0.723. The molecule has 0 amide bonds. The molecule has 7 heteroatoms. The van der Waals surface area contributed by atoms with E-state index in [9.17, 15) is 9.67 Å². The minimum atomic E-state index is -3.21. The van der Waals surface area contributed by atoms with Crippen LogP contribution in [-0.4, -0.2) is 55.5 Å². The number of aliphatic hydroxyl groups excluding tert-OH is 1. The Balaban J connectivity index is 1.89. The predicted octanol–water partition coefficient (Wildman–Crippen LogP) is 2.69. The molecule has 0 aromatic carbocycles. The van der Waals surface area contributed by atoms with Gasteiger partial charge in [-0.25, -0.2) is 0 Å². The van der Waals surface area contributed by atoms with Crippen molar-refractivity contribution in [3.63, 3.8) is 0 Å². The Labute approximate surface area is 139 Å². The predicted molar refractivity (Wildman–Crippen MR) is 87.6 cm³/mol. The Morgan fingerprint density at radius 3 is 2.04 bits per heavy atom. The Morgan fingerprint density at radius 2 is 1.57 bits per heavy atom. The lowest BCUT2D eigenvalue weighted by atomic mass is 9.91. The second-order valence-corrected chi connectivity index (χ2v) is 9.17. The molecule has 1 N–H and O–H groups in total. The minimum Gasteiger partial charge on any atom is -0.394 e. The van der Waals surface area contributed by atoms with Gasteiger partial charge >= 0.3 is 7.60 Å². The molecule has 2 heterocycles. The minimum absolute atomic E-state index is 0.0337. The molecule has 0 aromatic heterocycles. The van der Waals surface area contributed by atoms with Gasteiger partial charge in [0.1, 0.15) is 0 Å². The molecule has 2 aliphatic heterocycles. The molecule has 0 radical (unpaired) electrons. The second kappa shape index (κ2) is 7.51. The van der Waals surface area contributed by atoms with Gasteiger partial charge in [0.2, 0.25) is 0 Å². The first-order chi connectivity index (χ1) is 10.7. The topological polar surface area (TPSA) is 74.2 Å². The third-order valence-electron chi connectivity index (χ3n) is 5.47. The van der Waals surface area contributed by atoms with Gasteiger partial charge in [-0.3, -0.25) is 4.57 Å². The molecule has 2 aliphatic rings. The largest absolute Gasteiger partial charge is 0.394 e. The lowest BCUT2D eigenvalue weighted by Crippen LogP contribution is -2.28. The Hall–Kier alpha value is 0.0300. The molecule has 0 aliphatic carbocycles. The normalized spacial score (nSPS) is 46.9. The van der Waals surface area contributed by atoms with E-state index in [1.165, 1.54) is 6.66 Å². The van der Waals surface area contributed by atoms with Crippen molar-refractivity contribution in [1.82, 2.24) is 0 Å². The second-order valence-electron chi connectivity index (χ2n) is 7.16. The summed E-state index contributed by atoms with van der Waals surface area (Å²) < 4.78 is 35.5. The molecule has 0 saturated carbocycles. The highest BCUT2D eigenvalue weighted by Gasteiger charge is 2.43. The van der Waals surface area contributed by atoms with Gasteiger partial charge in [0, 0.05) is 12.6 Å². The van der Waals surface area contributed by atoms with E-state index in [-0.39, 0.29) is 49.7 Å². The highest BCUT2D eigenvalue weighted by Crippen LogP contribution is 2.49. The summed E-state index contributed by atoms with van der Waals surface area (Å²) in [6, 6.07) is 0. The first kappa shape index (κ1) is 19.4. The molecule has 136 valence electrons. The molecule has 2 saturated heterocycles. The molecule has 0 aromatic rings. The number of rotatable bonds is 6. The van der Waals surface area contributed by atoms with Crippen LogP contribution in [0.2, 0.25) is 0 Å². The van der Waals surface area contributed by atoms with Crippen molar-refractivity contribution in [1.29, 1.82) is 0 Å². The zero-order valence-corrected chi connectivity index (χ0v) is 15.9. The van der Waals surface area contributed by atoms with Gasteiger partial charge in [-0.2, -0.15) is 0 Å². The highest BCUT2D eigenvalue weighted by molar-refractivity contribution is 7.53. The summed E-state index contributed by atoms with van der Waals surface area (Å²) in [4.78, 5) is 0. The van der Waals surface area contributed by atoms with E-state index in [0.717, 1.165) is 0 Å². The molecule has 2 rings (SSSR count). The van der Waals surface area contributed by atoms with E-state index in [1.54, 1.807) is 0 Å². The van der Waals surface area contributed by atoms with Gasteiger partial charge in [-0.1, -0.05) is 20.8 Å². The van der Waals surface area contributed by atoms with Crippen LogP contribution in [0, 0.1) is 17.8 Å². The molecular formula is C16H31O6P. The molecule has 6 nitrogen and oxygen atoms in total. The first-order valence-corrected chi connectivity index (χ1v) is 10.5. The van der Waals surface area contributed by atoms with Crippen LogP contribution >= 0.6 is 7.60 Å². The molecule has 23 heavy (non-hydrogen) atoms. The molecule has 0 spiro atoms. The van der Waals surface area contributed by atoms with Crippen molar-refractivity contribution in [2.75, 3.05) is 19.9 Å². The summed E-state index contributed by atoms with van der Waals surface area (Å²) in [5, 5.41) is 9.30. The van der Waals surface area contributed by atoms with E-state index in [0.29, 0.717) is 11.8 Å². The maximum atomic E-state index is 12.7.